The van der Waals surface area contributed by atoms with Crippen molar-refractivity contribution in [3.05, 3.63) is 24.3 Å². The van der Waals surface area contributed by atoms with Crippen LogP contribution in [-0.2, 0) is 65.4 Å². The van der Waals surface area contributed by atoms with Crippen LogP contribution < -0.4 is 0 Å². The quantitative estimate of drug-likeness (QED) is 0.0169. The molecule has 0 aromatic carbocycles. The average molecular weight is 1350 g/mol. The molecule has 0 bridgehead atoms. The van der Waals surface area contributed by atoms with Crippen molar-refractivity contribution in [2.45, 2.75) is 368 Å². The number of hydrogen-bond donors (Lipinski definition) is 3. The predicted molar refractivity (Wildman–Crippen MR) is 372 cm³/mol. The number of hydrogen-bond acceptors (Lipinski definition) is 15. The maximum atomic E-state index is 13.0. The second-order valence-corrected chi connectivity index (χ2v) is 29.5. The van der Waals surface area contributed by atoms with Crippen molar-refractivity contribution in [3.8, 4) is 0 Å². The number of aliphatic hydroxyl groups is 1. The van der Waals surface area contributed by atoms with E-state index in [0.717, 1.165) is 121 Å². The third-order valence-electron chi connectivity index (χ3n) is 16.3. The Morgan fingerprint density at radius 2 is 0.587 bits per heavy atom. The Morgan fingerprint density at radius 1 is 0.337 bits per heavy atom. The lowest BCUT2D eigenvalue weighted by atomic mass is 10.0. The van der Waals surface area contributed by atoms with E-state index in [9.17, 15) is 43.2 Å². The van der Waals surface area contributed by atoms with Crippen LogP contribution in [-0.4, -0.2) is 96.7 Å². The summed E-state index contributed by atoms with van der Waals surface area (Å²) >= 11 is 0. The maximum absolute atomic E-state index is 13.0. The van der Waals surface area contributed by atoms with Gasteiger partial charge in [-0.1, -0.05) is 297 Å². The lowest BCUT2D eigenvalue weighted by molar-refractivity contribution is -0.161. The molecule has 0 aromatic rings. The Morgan fingerprint density at radius 3 is 0.891 bits per heavy atom. The normalized spacial score (nSPS) is 14.2. The van der Waals surface area contributed by atoms with Gasteiger partial charge in [0.05, 0.1) is 26.4 Å². The lowest BCUT2D eigenvalue weighted by Gasteiger charge is -2.21. The number of phosphoric acid groups is 2. The highest BCUT2D eigenvalue weighted by molar-refractivity contribution is 7.47. The van der Waals surface area contributed by atoms with Crippen LogP contribution in [0.15, 0.2) is 24.3 Å². The minimum Gasteiger partial charge on any atom is -0.462 e. The molecule has 3 N–H and O–H groups in total. The highest BCUT2D eigenvalue weighted by Crippen LogP contribution is 2.45. The summed E-state index contributed by atoms with van der Waals surface area (Å²) in [5.74, 6) is -0.633. The lowest BCUT2D eigenvalue weighted by Crippen LogP contribution is -2.30. The molecule has 92 heavy (non-hydrogen) atoms. The van der Waals surface area contributed by atoms with Gasteiger partial charge in [0.1, 0.15) is 19.3 Å². The molecule has 0 aliphatic carbocycles. The fourth-order valence-corrected chi connectivity index (χ4v) is 12.2. The van der Waals surface area contributed by atoms with Crippen LogP contribution in [0.2, 0.25) is 0 Å². The molecule has 542 valence electrons. The first-order chi connectivity index (χ1) is 44.4. The maximum Gasteiger partial charge on any atom is 0.472 e. The van der Waals surface area contributed by atoms with E-state index in [1.165, 1.54) is 148 Å². The molecule has 0 amide bonds. The van der Waals surface area contributed by atoms with E-state index in [1.54, 1.807) is 0 Å². The highest BCUT2D eigenvalue weighted by atomic mass is 31.2. The third-order valence-corrected chi connectivity index (χ3v) is 18.2. The monoisotopic (exact) mass is 1350 g/mol. The van der Waals surface area contributed by atoms with Crippen molar-refractivity contribution in [3.63, 3.8) is 0 Å². The predicted octanol–water partition coefficient (Wildman–Crippen LogP) is 20.7. The van der Waals surface area contributed by atoms with Gasteiger partial charge in [0.15, 0.2) is 12.2 Å². The van der Waals surface area contributed by atoms with Gasteiger partial charge in [-0.25, -0.2) is 9.13 Å². The van der Waals surface area contributed by atoms with Gasteiger partial charge >= 0.3 is 39.5 Å². The first-order valence-corrected chi connectivity index (χ1v) is 40.3. The van der Waals surface area contributed by atoms with E-state index in [2.05, 4.69) is 65.8 Å². The van der Waals surface area contributed by atoms with E-state index in [4.69, 9.17) is 37.0 Å². The van der Waals surface area contributed by atoms with E-state index >= 15 is 0 Å². The van der Waals surface area contributed by atoms with Gasteiger partial charge < -0.3 is 33.8 Å². The van der Waals surface area contributed by atoms with Gasteiger partial charge in [-0.2, -0.15) is 0 Å². The first-order valence-electron chi connectivity index (χ1n) is 37.3. The molecule has 5 atom stereocenters. The summed E-state index contributed by atoms with van der Waals surface area (Å²) in [6.45, 7) is 9.48. The molecular formula is C73H138O17P2. The SMILES string of the molecule is CCCCCC/C=C\C=C/CCCCCCCC(=O)OC[C@H](COP(=O)(O)OC[C@@H](O)COP(=O)(O)OC[C@@H](COC(=O)CCCCCCCCCCC)OC(=O)CCCCCCCCCCCC(C)C)OC(=O)CCCCCCCCCCCCCCCC(C)C. The number of allylic oxidation sites excluding steroid dienone is 4. The molecule has 0 spiro atoms. The fourth-order valence-electron chi connectivity index (χ4n) is 10.6. The zero-order chi connectivity index (χ0) is 67.9. The van der Waals surface area contributed by atoms with Crippen LogP contribution in [0.25, 0.3) is 0 Å². The van der Waals surface area contributed by atoms with E-state index in [1.807, 2.05) is 0 Å². The van der Waals surface area contributed by atoms with Crippen LogP contribution in [0.4, 0.5) is 0 Å². The zero-order valence-electron chi connectivity index (χ0n) is 59.3. The summed E-state index contributed by atoms with van der Waals surface area (Å²) in [6, 6.07) is 0. The molecule has 0 aromatic heterocycles. The van der Waals surface area contributed by atoms with Gasteiger partial charge in [0.25, 0.3) is 0 Å². The number of aliphatic hydroxyl groups excluding tert-OH is 1. The van der Waals surface area contributed by atoms with Crippen LogP contribution >= 0.6 is 15.6 Å². The summed E-state index contributed by atoms with van der Waals surface area (Å²) in [5.41, 5.74) is 0. The number of phosphoric ester groups is 2. The summed E-state index contributed by atoms with van der Waals surface area (Å²) < 4.78 is 68.3. The highest BCUT2D eigenvalue weighted by Gasteiger charge is 2.30. The second-order valence-electron chi connectivity index (χ2n) is 26.6. The smallest absolute Gasteiger partial charge is 0.462 e. The van der Waals surface area contributed by atoms with Gasteiger partial charge in [0.2, 0.25) is 0 Å². The van der Waals surface area contributed by atoms with Gasteiger partial charge in [0, 0.05) is 25.7 Å². The first kappa shape index (κ1) is 89.5. The van der Waals surface area contributed by atoms with Crippen LogP contribution in [0, 0.1) is 11.8 Å². The molecule has 0 aliphatic rings. The minimum absolute atomic E-state index is 0.100. The van der Waals surface area contributed by atoms with Crippen molar-refractivity contribution < 1.29 is 80.2 Å². The van der Waals surface area contributed by atoms with E-state index < -0.39 is 97.5 Å². The second kappa shape index (κ2) is 64.5. The molecule has 19 heteroatoms. The number of unbranched alkanes of at least 4 members (excludes halogenated alkanes) is 37. The zero-order valence-corrected chi connectivity index (χ0v) is 61.1. The van der Waals surface area contributed by atoms with Crippen molar-refractivity contribution in [1.82, 2.24) is 0 Å². The number of carbonyl (C=O) groups excluding carboxylic acids is 4. The van der Waals surface area contributed by atoms with E-state index in [0.29, 0.717) is 25.7 Å². The van der Waals surface area contributed by atoms with E-state index in [-0.39, 0.29) is 25.7 Å². The molecule has 2 unspecified atom stereocenters. The molecule has 0 aliphatic heterocycles. The molecule has 0 saturated heterocycles. The Bertz CT molecular complexity index is 1880. The Hall–Kier alpha value is -2.46. The summed E-state index contributed by atoms with van der Waals surface area (Å²) in [6.07, 6.45) is 53.5. The van der Waals surface area contributed by atoms with Crippen LogP contribution in [0.5, 0.6) is 0 Å². The topological polar surface area (TPSA) is 237 Å². The summed E-state index contributed by atoms with van der Waals surface area (Å²) in [7, 11) is -9.91. The number of carbonyl (C=O) groups is 4. The minimum atomic E-state index is -4.96. The molecule has 17 nitrogen and oxygen atoms in total. The molecule has 0 heterocycles. The molecule has 0 radical (unpaired) electrons. The molecule has 0 rings (SSSR count). The van der Waals surface area contributed by atoms with Crippen molar-refractivity contribution in [1.29, 1.82) is 0 Å². The Labute approximate surface area is 561 Å². The van der Waals surface area contributed by atoms with Gasteiger partial charge in [-0.3, -0.25) is 37.3 Å². The standard InChI is InChI=1S/C73H138O17P2/c1-7-9-11-13-15-17-18-19-20-23-26-32-38-44-50-56-71(76)84-62-69(89-72(77)57-51-45-39-33-27-24-21-22-25-30-35-41-47-53-65(3)4)64-88-92(81,82)86-60-67(74)59-85-91(79,80)87-63-68(61-83-70(75)55-49-43-37-29-16-14-12-10-8-2)90-73(78)58-52-46-40-34-28-31-36-42-48-54-66(5)6/h17-20,65-69,74H,7-16,21-64H2,1-6H3,(H,79,80)(H,81,82)/b18-17-,20-19-/t67-,68+,69+/m0/s1. The summed E-state index contributed by atoms with van der Waals surface area (Å²) in [4.78, 5) is 72.6. The van der Waals surface area contributed by atoms with Gasteiger partial charge in [-0.05, 0) is 63.2 Å². The van der Waals surface area contributed by atoms with Gasteiger partial charge in [-0.15, -0.1) is 0 Å². The average Bonchev–Trinajstić information content (AvgIpc) is 2.89. The molecule has 0 saturated carbocycles. The van der Waals surface area contributed by atoms with Crippen LogP contribution in [0.1, 0.15) is 350 Å². The largest absolute Gasteiger partial charge is 0.472 e. The number of ether oxygens (including phenoxy) is 4. The fraction of sp³-hybridized carbons (Fsp3) is 0.890. The summed E-state index contributed by atoms with van der Waals surface area (Å²) in [5, 5.41) is 10.6. The van der Waals surface area contributed by atoms with Crippen molar-refractivity contribution in [2.24, 2.45) is 11.8 Å². The molecule has 0 fully saturated rings. The number of esters is 4. The Kier molecular flexibility index (Phi) is 62.8. The van der Waals surface area contributed by atoms with Crippen molar-refractivity contribution in [2.75, 3.05) is 39.6 Å². The van der Waals surface area contributed by atoms with Crippen molar-refractivity contribution >= 4 is 39.5 Å². The Balaban J connectivity index is 5.28. The number of rotatable bonds is 70. The van der Waals surface area contributed by atoms with Crippen LogP contribution in [0.3, 0.4) is 0 Å². The molecular weight excluding hydrogens is 1210 g/mol. The third kappa shape index (κ3) is 66.2.